The maximum absolute atomic E-state index is 13.3. The van der Waals surface area contributed by atoms with Gasteiger partial charge in [0.25, 0.3) is 10.0 Å². The van der Waals surface area contributed by atoms with Gasteiger partial charge in [0.2, 0.25) is 0 Å². The van der Waals surface area contributed by atoms with Crippen LogP contribution in [-0.2, 0) is 14.9 Å². The number of H-pyrrole nitrogens is 1. The van der Waals surface area contributed by atoms with Crippen LogP contribution in [0.15, 0.2) is 65.0 Å². The molecule has 8 nitrogen and oxygen atoms in total. The minimum Gasteiger partial charge on any atom is -0.393 e. The fourth-order valence-corrected chi connectivity index (χ4v) is 4.64. The molecule has 0 bridgehead atoms. The average molecular weight is 498 g/mol. The molecule has 0 aliphatic carbocycles. The van der Waals surface area contributed by atoms with Crippen LogP contribution < -0.4 is 4.72 Å². The first-order valence-electron chi connectivity index (χ1n) is 10.6. The zero-order chi connectivity index (χ0) is 24.5. The SMILES string of the molecule is Cc1ccc(S(=O)(=O)Nc2cc(Cl)cnc2/C(=N\OC(C)C)c2ccnc3[nH]ccc23)cc1C. The van der Waals surface area contributed by atoms with Gasteiger partial charge >= 0.3 is 0 Å². The topological polar surface area (TPSA) is 109 Å². The number of hydrogen-bond acceptors (Lipinski definition) is 6. The van der Waals surface area contributed by atoms with E-state index in [9.17, 15) is 8.42 Å². The zero-order valence-corrected chi connectivity index (χ0v) is 20.7. The van der Waals surface area contributed by atoms with Crippen LogP contribution >= 0.6 is 11.6 Å². The molecule has 0 aliphatic rings. The van der Waals surface area contributed by atoms with Crippen LogP contribution in [0.2, 0.25) is 5.02 Å². The number of fused-ring (bicyclic) bond motifs is 1. The number of aromatic amines is 1. The minimum absolute atomic E-state index is 0.135. The number of nitrogens with zero attached hydrogens (tertiary/aromatic N) is 3. The molecule has 2 N–H and O–H groups in total. The summed E-state index contributed by atoms with van der Waals surface area (Å²) in [4.78, 5) is 17.5. The molecule has 0 amide bonds. The van der Waals surface area contributed by atoms with E-state index < -0.39 is 10.0 Å². The number of oxime groups is 1. The molecule has 3 heterocycles. The van der Waals surface area contributed by atoms with Crippen molar-refractivity contribution in [3.05, 3.63) is 82.4 Å². The van der Waals surface area contributed by atoms with Gasteiger partial charge in [-0.2, -0.15) is 0 Å². The lowest BCUT2D eigenvalue weighted by Crippen LogP contribution is -2.18. The number of pyridine rings is 2. The van der Waals surface area contributed by atoms with Gasteiger partial charge in [0.05, 0.1) is 15.6 Å². The molecule has 0 atom stereocenters. The minimum atomic E-state index is -3.93. The molecule has 0 saturated heterocycles. The second-order valence-corrected chi connectivity index (χ2v) is 10.2. The molecule has 10 heteroatoms. The molecule has 4 aromatic rings. The van der Waals surface area contributed by atoms with E-state index in [-0.39, 0.29) is 27.4 Å². The van der Waals surface area contributed by atoms with Crippen LogP contribution in [0, 0.1) is 13.8 Å². The Morgan fingerprint density at radius 1 is 1.12 bits per heavy atom. The van der Waals surface area contributed by atoms with Crippen LogP contribution in [0.3, 0.4) is 0 Å². The second kappa shape index (κ2) is 9.44. The van der Waals surface area contributed by atoms with Gasteiger partial charge in [0.1, 0.15) is 23.2 Å². The van der Waals surface area contributed by atoms with Gasteiger partial charge in [-0.1, -0.05) is 22.8 Å². The van der Waals surface area contributed by atoms with Crippen molar-refractivity contribution in [2.45, 2.75) is 38.7 Å². The number of aromatic nitrogens is 3. The van der Waals surface area contributed by atoms with Crippen LogP contribution in [0.1, 0.15) is 36.2 Å². The Morgan fingerprint density at radius 3 is 2.65 bits per heavy atom. The Balaban J connectivity index is 1.86. The van der Waals surface area contributed by atoms with Gasteiger partial charge < -0.3 is 9.82 Å². The molecule has 0 unspecified atom stereocenters. The number of halogens is 1. The Morgan fingerprint density at radius 2 is 1.91 bits per heavy atom. The van der Waals surface area contributed by atoms with Crippen molar-refractivity contribution >= 4 is 44.1 Å². The van der Waals surface area contributed by atoms with Crippen molar-refractivity contribution in [3.63, 3.8) is 0 Å². The fraction of sp³-hybridized carbons (Fsp3) is 0.208. The Kier molecular flexibility index (Phi) is 6.58. The highest BCUT2D eigenvalue weighted by molar-refractivity contribution is 7.92. The molecule has 3 aromatic heterocycles. The third kappa shape index (κ3) is 4.90. The van der Waals surface area contributed by atoms with Gasteiger partial charge in [-0.3, -0.25) is 9.71 Å². The summed E-state index contributed by atoms with van der Waals surface area (Å²) in [5.74, 6) is 0. The first-order valence-corrected chi connectivity index (χ1v) is 12.4. The van der Waals surface area contributed by atoms with E-state index in [4.69, 9.17) is 16.4 Å². The first kappa shape index (κ1) is 23.7. The van der Waals surface area contributed by atoms with E-state index >= 15 is 0 Å². The van der Waals surface area contributed by atoms with Crippen molar-refractivity contribution < 1.29 is 13.3 Å². The van der Waals surface area contributed by atoms with Gasteiger partial charge in [0.15, 0.2) is 0 Å². The Hall–Kier alpha value is -3.43. The molecule has 4 rings (SSSR count). The molecule has 0 saturated carbocycles. The maximum Gasteiger partial charge on any atom is 0.261 e. The van der Waals surface area contributed by atoms with Crippen molar-refractivity contribution in [3.8, 4) is 0 Å². The summed E-state index contributed by atoms with van der Waals surface area (Å²) >= 11 is 6.21. The normalized spacial score (nSPS) is 12.4. The molecule has 0 fully saturated rings. The van der Waals surface area contributed by atoms with Crippen molar-refractivity contribution in [1.82, 2.24) is 15.0 Å². The lowest BCUT2D eigenvalue weighted by atomic mass is 10.0. The van der Waals surface area contributed by atoms with E-state index in [1.165, 1.54) is 12.3 Å². The van der Waals surface area contributed by atoms with E-state index in [1.807, 2.05) is 33.8 Å². The number of rotatable bonds is 7. The van der Waals surface area contributed by atoms with E-state index in [0.717, 1.165) is 16.5 Å². The maximum atomic E-state index is 13.3. The lowest BCUT2D eigenvalue weighted by molar-refractivity contribution is 0.0862. The summed E-state index contributed by atoms with van der Waals surface area (Å²) in [5, 5.41) is 5.40. The number of nitrogens with one attached hydrogen (secondary N) is 2. The highest BCUT2D eigenvalue weighted by atomic mass is 35.5. The van der Waals surface area contributed by atoms with E-state index in [2.05, 4.69) is 24.8 Å². The summed E-state index contributed by atoms with van der Waals surface area (Å²) in [7, 11) is -3.93. The number of anilines is 1. The van der Waals surface area contributed by atoms with Crippen molar-refractivity contribution in [2.24, 2.45) is 5.16 Å². The van der Waals surface area contributed by atoms with Crippen molar-refractivity contribution in [2.75, 3.05) is 4.72 Å². The van der Waals surface area contributed by atoms with E-state index in [0.29, 0.717) is 16.9 Å². The lowest BCUT2D eigenvalue weighted by Gasteiger charge is -2.15. The van der Waals surface area contributed by atoms with Crippen LogP contribution in [0.25, 0.3) is 11.0 Å². The standard InChI is InChI=1S/C24H24ClN5O3S/c1-14(2)33-29-22(19-7-9-26-24-20(19)8-10-27-24)23-21(12-17(25)13-28-23)30-34(31,32)18-6-5-15(3)16(4)11-18/h5-14,30H,1-4H3,(H,26,27)/b29-22-. The Labute approximate surface area is 203 Å². The summed E-state index contributed by atoms with van der Waals surface area (Å²) < 4.78 is 29.1. The zero-order valence-electron chi connectivity index (χ0n) is 19.1. The molecular formula is C24H24ClN5O3S. The largest absolute Gasteiger partial charge is 0.393 e. The Bertz CT molecular complexity index is 1500. The number of benzene rings is 1. The van der Waals surface area contributed by atoms with Gasteiger partial charge in [-0.15, -0.1) is 0 Å². The van der Waals surface area contributed by atoms with Gasteiger partial charge in [0, 0.05) is 29.5 Å². The molecule has 1 aromatic carbocycles. The molecular weight excluding hydrogens is 474 g/mol. The number of sulfonamides is 1. The summed E-state index contributed by atoms with van der Waals surface area (Å²) in [5.41, 5.74) is 3.98. The molecule has 176 valence electrons. The first-order chi connectivity index (χ1) is 16.2. The molecule has 0 aliphatic heterocycles. The van der Waals surface area contributed by atoms with Crippen molar-refractivity contribution in [1.29, 1.82) is 0 Å². The summed E-state index contributed by atoms with van der Waals surface area (Å²) in [6, 6.07) is 10.1. The summed E-state index contributed by atoms with van der Waals surface area (Å²) in [6.45, 7) is 7.47. The summed E-state index contributed by atoms with van der Waals surface area (Å²) in [6.07, 6.45) is 4.63. The predicted molar refractivity (Wildman–Crippen MR) is 134 cm³/mol. The third-order valence-electron chi connectivity index (χ3n) is 5.18. The number of aryl methyl sites for hydroxylation is 2. The predicted octanol–water partition coefficient (Wildman–Crippen LogP) is 5.21. The smallest absolute Gasteiger partial charge is 0.261 e. The van der Waals surface area contributed by atoms with Crippen LogP contribution in [0.5, 0.6) is 0 Å². The quantitative estimate of drug-likeness (QED) is 0.269. The average Bonchev–Trinajstić information content (AvgIpc) is 3.26. The van der Waals surface area contributed by atoms with E-state index in [1.54, 1.807) is 36.7 Å². The molecule has 0 radical (unpaired) electrons. The van der Waals surface area contributed by atoms with Gasteiger partial charge in [-0.05, 0) is 69.2 Å². The second-order valence-electron chi connectivity index (χ2n) is 8.09. The highest BCUT2D eigenvalue weighted by Gasteiger charge is 2.23. The molecule has 34 heavy (non-hydrogen) atoms. The molecule has 0 spiro atoms. The third-order valence-corrected chi connectivity index (χ3v) is 6.75. The monoisotopic (exact) mass is 497 g/mol. The number of hydrogen-bond donors (Lipinski definition) is 2. The highest BCUT2D eigenvalue weighted by Crippen LogP contribution is 2.28. The van der Waals surface area contributed by atoms with Crippen LogP contribution in [-0.4, -0.2) is 35.2 Å². The fourth-order valence-electron chi connectivity index (χ4n) is 3.34. The van der Waals surface area contributed by atoms with Gasteiger partial charge in [-0.25, -0.2) is 13.4 Å². The van der Waals surface area contributed by atoms with Crippen LogP contribution in [0.4, 0.5) is 5.69 Å².